The van der Waals surface area contributed by atoms with Gasteiger partial charge in [-0.15, -0.1) is 0 Å². The van der Waals surface area contributed by atoms with Crippen molar-refractivity contribution in [2.24, 2.45) is 5.92 Å². The first-order chi connectivity index (χ1) is 9.04. The highest BCUT2D eigenvalue weighted by atomic mass is 16.5. The van der Waals surface area contributed by atoms with Gasteiger partial charge in [0.1, 0.15) is 0 Å². The summed E-state index contributed by atoms with van der Waals surface area (Å²) < 4.78 is 4.77. The molecule has 0 bridgehead atoms. The third-order valence-corrected chi connectivity index (χ3v) is 4.13. The van der Waals surface area contributed by atoms with E-state index in [0.29, 0.717) is 23.2 Å². The number of piperidine rings is 1. The Morgan fingerprint density at radius 1 is 1.42 bits per heavy atom. The number of esters is 1. The van der Waals surface area contributed by atoms with Gasteiger partial charge >= 0.3 is 5.97 Å². The number of anilines is 2. The second kappa shape index (κ2) is 5.51. The molecule has 2 N–H and O–H groups in total. The molecule has 1 fully saturated rings. The first-order valence-electron chi connectivity index (χ1n) is 6.79. The minimum absolute atomic E-state index is 0.320. The second-order valence-corrected chi connectivity index (χ2v) is 5.32. The molecule has 2 atom stereocenters. The molecule has 104 valence electrons. The van der Waals surface area contributed by atoms with Crippen molar-refractivity contribution in [1.29, 1.82) is 0 Å². The summed E-state index contributed by atoms with van der Waals surface area (Å²) in [5.41, 5.74) is 8.29. The minimum atomic E-state index is -0.320. The quantitative estimate of drug-likeness (QED) is 0.657. The van der Waals surface area contributed by atoms with E-state index in [1.54, 1.807) is 12.1 Å². The number of ether oxygens (including phenoxy) is 1. The molecule has 0 spiro atoms. The maximum absolute atomic E-state index is 11.6. The van der Waals surface area contributed by atoms with Crippen LogP contribution in [0.4, 0.5) is 11.4 Å². The number of methoxy groups -OCH3 is 1. The molecule has 1 aliphatic rings. The molecule has 1 aromatic rings. The Hall–Kier alpha value is -1.71. The van der Waals surface area contributed by atoms with Gasteiger partial charge in [0.05, 0.1) is 24.0 Å². The van der Waals surface area contributed by atoms with E-state index in [0.717, 1.165) is 18.7 Å². The average Bonchev–Trinajstić information content (AvgIpc) is 2.42. The molecule has 0 saturated carbocycles. The number of carbonyl (C=O) groups is 1. The van der Waals surface area contributed by atoms with Gasteiger partial charge in [0, 0.05) is 12.6 Å². The molecule has 4 heteroatoms. The third kappa shape index (κ3) is 2.67. The van der Waals surface area contributed by atoms with Crippen LogP contribution in [-0.2, 0) is 4.74 Å². The van der Waals surface area contributed by atoms with E-state index in [1.165, 1.54) is 13.5 Å². The van der Waals surface area contributed by atoms with Crippen molar-refractivity contribution in [2.45, 2.75) is 32.7 Å². The number of nitrogen functional groups attached to an aromatic ring is 1. The highest BCUT2D eigenvalue weighted by Gasteiger charge is 2.26. The number of nitrogens with zero attached hydrogens (tertiary/aromatic N) is 1. The third-order valence-electron chi connectivity index (χ3n) is 4.13. The van der Waals surface area contributed by atoms with Crippen LogP contribution in [-0.4, -0.2) is 25.7 Å². The summed E-state index contributed by atoms with van der Waals surface area (Å²) >= 11 is 0. The minimum Gasteiger partial charge on any atom is -0.465 e. The normalized spacial score (nSPS) is 23.2. The number of hydrogen-bond acceptors (Lipinski definition) is 4. The summed E-state index contributed by atoms with van der Waals surface area (Å²) in [6.07, 6.45) is 2.40. The maximum atomic E-state index is 11.6. The van der Waals surface area contributed by atoms with Gasteiger partial charge in [-0.2, -0.15) is 0 Å². The van der Waals surface area contributed by atoms with Crippen LogP contribution in [0.2, 0.25) is 0 Å². The van der Waals surface area contributed by atoms with Gasteiger partial charge in [0.25, 0.3) is 0 Å². The number of nitrogens with two attached hydrogens (primary N) is 1. The lowest BCUT2D eigenvalue weighted by molar-refractivity contribution is 0.0601. The van der Waals surface area contributed by atoms with Gasteiger partial charge in [0.2, 0.25) is 0 Å². The standard InChI is InChI=1S/C15H22N2O2/c1-10-5-4-8-17(11(10)2)14-9-12(15(18)19-3)6-7-13(14)16/h6-7,9-11H,4-5,8,16H2,1-3H3. The highest BCUT2D eigenvalue weighted by Crippen LogP contribution is 2.32. The van der Waals surface area contributed by atoms with Crippen LogP contribution in [0.25, 0.3) is 0 Å². The number of carbonyl (C=O) groups excluding carboxylic acids is 1. The molecule has 1 heterocycles. The summed E-state index contributed by atoms with van der Waals surface area (Å²) in [5.74, 6) is 0.314. The van der Waals surface area contributed by atoms with E-state index in [-0.39, 0.29) is 5.97 Å². The van der Waals surface area contributed by atoms with E-state index in [1.807, 2.05) is 6.07 Å². The molecule has 1 aromatic carbocycles. The van der Waals surface area contributed by atoms with E-state index < -0.39 is 0 Å². The van der Waals surface area contributed by atoms with E-state index in [4.69, 9.17) is 10.5 Å². The fraction of sp³-hybridized carbons (Fsp3) is 0.533. The van der Waals surface area contributed by atoms with Crippen molar-refractivity contribution in [3.63, 3.8) is 0 Å². The van der Waals surface area contributed by atoms with Crippen molar-refractivity contribution in [2.75, 3.05) is 24.3 Å². The van der Waals surface area contributed by atoms with Crippen molar-refractivity contribution in [3.05, 3.63) is 23.8 Å². The lowest BCUT2D eigenvalue weighted by Gasteiger charge is -2.40. The van der Waals surface area contributed by atoms with Crippen LogP contribution in [0.15, 0.2) is 18.2 Å². The predicted molar refractivity (Wildman–Crippen MR) is 77.4 cm³/mol. The number of hydrogen-bond donors (Lipinski definition) is 1. The summed E-state index contributed by atoms with van der Waals surface area (Å²) in [7, 11) is 1.39. The molecule has 19 heavy (non-hydrogen) atoms. The van der Waals surface area contributed by atoms with Crippen LogP contribution >= 0.6 is 0 Å². The van der Waals surface area contributed by atoms with Crippen LogP contribution in [0, 0.1) is 5.92 Å². The Labute approximate surface area is 114 Å². The molecule has 1 saturated heterocycles. The molecule has 2 unspecified atom stereocenters. The predicted octanol–water partition coefficient (Wildman–Crippen LogP) is 2.68. The lowest BCUT2D eigenvalue weighted by atomic mass is 9.91. The first kappa shape index (κ1) is 13.7. The average molecular weight is 262 g/mol. The zero-order valence-corrected chi connectivity index (χ0v) is 11.8. The van der Waals surface area contributed by atoms with E-state index in [2.05, 4.69) is 18.7 Å². The van der Waals surface area contributed by atoms with Gasteiger partial charge in [-0.1, -0.05) is 6.92 Å². The van der Waals surface area contributed by atoms with Crippen molar-refractivity contribution in [1.82, 2.24) is 0 Å². The Kier molecular flexibility index (Phi) is 3.98. The van der Waals surface area contributed by atoms with Gasteiger partial charge in [-0.3, -0.25) is 0 Å². The second-order valence-electron chi connectivity index (χ2n) is 5.32. The Morgan fingerprint density at radius 2 is 2.16 bits per heavy atom. The van der Waals surface area contributed by atoms with Gasteiger partial charge < -0.3 is 15.4 Å². The highest BCUT2D eigenvalue weighted by molar-refractivity contribution is 5.92. The number of rotatable bonds is 2. The molecule has 0 radical (unpaired) electrons. The van der Waals surface area contributed by atoms with Gasteiger partial charge in [-0.25, -0.2) is 4.79 Å². The largest absolute Gasteiger partial charge is 0.465 e. The summed E-state index contributed by atoms with van der Waals surface area (Å²) in [5, 5.41) is 0. The van der Waals surface area contributed by atoms with Crippen LogP contribution in [0.5, 0.6) is 0 Å². The zero-order chi connectivity index (χ0) is 14.0. The van der Waals surface area contributed by atoms with Crippen LogP contribution < -0.4 is 10.6 Å². The smallest absolute Gasteiger partial charge is 0.337 e. The van der Waals surface area contributed by atoms with E-state index >= 15 is 0 Å². The molecule has 1 aliphatic heterocycles. The van der Waals surface area contributed by atoms with Crippen LogP contribution in [0.1, 0.15) is 37.0 Å². The molecule has 2 rings (SSSR count). The van der Waals surface area contributed by atoms with Crippen molar-refractivity contribution in [3.8, 4) is 0 Å². The first-order valence-corrected chi connectivity index (χ1v) is 6.79. The molecule has 4 nitrogen and oxygen atoms in total. The fourth-order valence-corrected chi connectivity index (χ4v) is 2.71. The molecular formula is C15H22N2O2. The van der Waals surface area contributed by atoms with Crippen LogP contribution in [0.3, 0.4) is 0 Å². The molecule has 0 aliphatic carbocycles. The topological polar surface area (TPSA) is 55.6 Å². The summed E-state index contributed by atoms with van der Waals surface area (Å²) in [4.78, 5) is 13.9. The Bertz CT molecular complexity index is 473. The SMILES string of the molecule is COC(=O)c1ccc(N)c(N2CCCC(C)C2C)c1. The summed E-state index contributed by atoms with van der Waals surface area (Å²) in [6, 6.07) is 5.77. The monoisotopic (exact) mass is 262 g/mol. The van der Waals surface area contributed by atoms with Crippen molar-refractivity contribution >= 4 is 17.3 Å². The Morgan fingerprint density at radius 3 is 2.84 bits per heavy atom. The molecule has 0 aromatic heterocycles. The zero-order valence-electron chi connectivity index (χ0n) is 11.8. The molecular weight excluding hydrogens is 240 g/mol. The summed E-state index contributed by atoms with van der Waals surface area (Å²) in [6.45, 7) is 5.46. The fourth-order valence-electron chi connectivity index (χ4n) is 2.71. The lowest BCUT2D eigenvalue weighted by Crippen LogP contribution is -2.42. The van der Waals surface area contributed by atoms with Gasteiger partial charge in [0.15, 0.2) is 0 Å². The molecule has 0 amide bonds. The van der Waals surface area contributed by atoms with E-state index in [9.17, 15) is 4.79 Å². The Balaban J connectivity index is 2.35. The number of benzene rings is 1. The van der Waals surface area contributed by atoms with Gasteiger partial charge in [-0.05, 0) is 43.9 Å². The maximum Gasteiger partial charge on any atom is 0.337 e. The van der Waals surface area contributed by atoms with Crippen molar-refractivity contribution < 1.29 is 9.53 Å².